The second-order valence-corrected chi connectivity index (χ2v) is 5.78. The van der Waals surface area contributed by atoms with Crippen LogP contribution in [0.2, 0.25) is 0 Å². The highest BCUT2D eigenvalue weighted by Crippen LogP contribution is 2.30. The number of benzene rings is 2. The van der Waals surface area contributed by atoms with E-state index in [2.05, 4.69) is 4.98 Å². The van der Waals surface area contributed by atoms with E-state index in [4.69, 9.17) is 5.11 Å². The lowest BCUT2D eigenvalue weighted by Crippen LogP contribution is -1.97. The number of aromatic nitrogens is 1. The third-order valence-corrected chi connectivity index (χ3v) is 4.26. The molecule has 110 valence electrons. The maximum absolute atomic E-state index is 13.8. The summed E-state index contributed by atoms with van der Waals surface area (Å²) in [5, 5.41) is 9.71. The minimum absolute atomic E-state index is 0.200. The van der Waals surface area contributed by atoms with Crippen LogP contribution in [0, 0.1) is 5.82 Å². The molecule has 2 aromatic carbocycles. The average Bonchev–Trinajstić information content (AvgIpc) is 2.92. The molecule has 0 aliphatic carbocycles. The van der Waals surface area contributed by atoms with Crippen molar-refractivity contribution in [2.24, 2.45) is 0 Å². The highest BCUT2D eigenvalue weighted by atomic mass is 32.1. The van der Waals surface area contributed by atoms with Crippen LogP contribution >= 0.6 is 11.3 Å². The molecule has 3 aromatic rings. The molecule has 0 spiro atoms. The van der Waals surface area contributed by atoms with Crippen LogP contribution < -0.4 is 0 Å². The van der Waals surface area contributed by atoms with Gasteiger partial charge in [0.15, 0.2) is 0 Å². The van der Waals surface area contributed by atoms with Gasteiger partial charge in [0.05, 0.1) is 16.6 Å². The van der Waals surface area contributed by atoms with E-state index in [9.17, 15) is 9.18 Å². The number of halogens is 1. The lowest BCUT2D eigenvalue weighted by Gasteiger charge is -2.02. The molecule has 1 aromatic heterocycles. The molecule has 0 fully saturated rings. The molecule has 1 heterocycles. The van der Waals surface area contributed by atoms with E-state index in [0.29, 0.717) is 16.1 Å². The van der Waals surface area contributed by atoms with E-state index < -0.39 is 5.97 Å². The maximum atomic E-state index is 13.8. The van der Waals surface area contributed by atoms with Crippen LogP contribution in [0.1, 0.15) is 17.0 Å². The second kappa shape index (κ2) is 6.07. The zero-order valence-electron chi connectivity index (χ0n) is 11.5. The molecule has 3 nitrogen and oxygen atoms in total. The third kappa shape index (κ3) is 3.04. The van der Waals surface area contributed by atoms with Crippen LogP contribution in [0.4, 0.5) is 4.39 Å². The van der Waals surface area contributed by atoms with Gasteiger partial charge in [-0.25, -0.2) is 9.37 Å². The van der Waals surface area contributed by atoms with E-state index >= 15 is 0 Å². The lowest BCUT2D eigenvalue weighted by molar-refractivity contribution is -0.135. The van der Waals surface area contributed by atoms with Gasteiger partial charge in [0.2, 0.25) is 0 Å². The first-order valence-electron chi connectivity index (χ1n) is 6.66. The van der Waals surface area contributed by atoms with Gasteiger partial charge in [-0.05, 0) is 29.8 Å². The van der Waals surface area contributed by atoms with E-state index in [0.717, 1.165) is 10.2 Å². The van der Waals surface area contributed by atoms with Crippen molar-refractivity contribution in [1.82, 2.24) is 4.98 Å². The molecule has 0 atom stereocenters. The fourth-order valence-electron chi connectivity index (χ4n) is 2.14. The average molecular weight is 313 g/mol. The predicted octanol–water partition coefficient (Wildman–Crippen LogP) is 4.45. The molecular weight excluding hydrogens is 301 g/mol. The molecule has 3 rings (SSSR count). The Kier molecular flexibility index (Phi) is 3.98. The fraction of sp³-hybridized carbons (Fsp3) is 0.0588. The van der Waals surface area contributed by atoms with Crippen molar-refractivity contribution in [2.75, 3.05) is 0 Å². The number of carboxylic acids is 1. The molecule has 1 N–H and O–H groups in total. The highest BCUT2D eigenvalue weighted by Gasteiger charge is 2.13. The van der Waals surface area contributed by atoms with E-state index in [1.165, 1.54) is 17.4 Å². The van der Waals surface area contributed by atoms with Crippen LogP contribution in [-0.2, 0) is 4.79 Å². The van der Waals surface area contributed by atoms with Crippen molar-refractivity contribution in [3.8, 4) is 0 Å². The summed E-state index contributed by atoms with van der Waals surface area (Å²) >= 11 is 1.41. The summed E-state index contributed by atoms with van der Waals surface area (Å²) in [5.74, 6) is -1.35. The number of nitrogens with zero attached hydrogens (tertiary/aromatic N) is 1. The Morgan fingerprint density at radius 3 is 2.64 bits per heavy atom. The Hall–Kier alpha value is -2.53. The van der Waals surface area contributed by atoms with Crippen LogP contribution in [0.15, 0.2) is 48.5 Å². The van der Waals surface area contributed by atoms with Crippen molar-refractivity contribution in [1.29, 1.82) is 0 Å². The summed E-state index contributed by atoms with van der Waals surface area (Å²) in [6.07, 6.45) is 1.36. The predicted molar refractivity (Wildman–Crippen MR) is 86.1 cm³/mol. The van der Waals surface area contributed by atoms with Gasteiger partial charge in [0.25, 0.3) is 0 Å². The smallest absolute Gasteiger partial charge is 0.307 e. The highest BCUT2D eigenvalue weighted by molar-refractivity contribution is 7.19. The molecular formula is C17H12FNO2S. The number of hydrogen-bond acceptors (Lipinski definition) is 3. The lowest BCUT2D eigenvalue weighted by atomic mass is 10.1. The summed E-state index contributed by atoms with van der Waals surface area (Å²) in [5.41, 5.74) is 1.67. The first-order chi connectivity index (χ1) is 10.6. The zero-order chi connectivity index (χ0) is 15.5. The van der Waals surface area contributed by atoms with Gasteiger partial charge in [0, 0.05) is 5.56 Å². The monoisotopic (exact) mass is 313 g/mol. The summed E-state index contributed by atoms with van der Waals surface area (Å²) in [6.45, 7) is 0. The molecule has 0 aliphatic rings. The van der Waals surface area contributed by atoms with Gasteiger partial charge >= 0.3 is 5.97 Å². The van der Waals surface area contributed by atoms with Crippen molar-refractivity contribution in [3.05, 3.63) is 64.9 Å². The quantitative estimate of drug-likeness (QED) is 0.774. The number of rotatable bonds is 4. The van der Waals surface area contributed by atoms with Crippen LogP contribution in [0.25, 0.3) is 21.9 Å². The molecule has 0 unspecified atom stereocenters. The number of carboxylic acid groups (broad SMARTS) is 1. The number of carbonyl (C=O) groups is 1. The minimum Gasteiger partial charge on any atom is -0.481 e. The Balaban J connectivity index is 2.10. The second-order valence-electron chi connectivity index (χ2n) is 4.75. The molecule has 22 heavy (non-hydrogen) atoms. The van der Waals surface area contributed by atoms with Gasteiger partial charge in [0.1, 0.15) is 10.8 Å². The van der Waals surface area contributed by atoms with Crippen molar-refractivity contribution < 1.29 is 14.3 Å². The molecule has 5 heteroatoms. The summed E-state index contributed by atoms with van der Waals surface area (Å²) in [4.78, 5) is 15.6. The van der Waals surface area contributed by atoms with Gasteiger partial charge < -0.3 is 5.11 Å². The molecule has 0 aliphatic heterocycles. The third-order valence-electron chi connectivity index (χ3n) is 3.15. The number of aliphatic carboxylic acids is 1. The topological polar surface area (TPSA) is 50.2 Å². The van der Waals surface area contributed by atoms with Crippen LogP contribution in [0.3, 0.4) is 0 Å². The largest absolute Gasteiger partial charge is 0.481 e. The Morgan fingerprint density at radius 2 is 1.91 bits per heavy atom. The van der Waals surface area contributed by atoms with Crippen molar-refractivity contribution in [3.63, 3.8) is 0 Å². The van der Waals surface area contributed by atoms with Crippen LogP contribution in [-0.4, -0.2) is 16.1 Å². The SMILES string of the molecule is O=C(O)C/C(=C/c1ccccc1F)c1nc2ccccc2s1. The Morgan fingerprint density at radius 1 is 1.18 bits per heavy atom. The van der Waals surface area contributed by atoms with Gasteiger partial charge in [-0.1, -0.05) is 30.3 Å². The molecule has 0 bridgehead atoms. The minimum atomic E-state index is -0.971. The molecule has 0 amide bonds. The molecule has 0 radical (unpaired) electrons. The maximum Gasteiger partial charge on any atom is 0.307 e. The van der Waals surface area contributed by atoms with Gasteiger partial charge in [-0.3, -0.25) is 4.79 Å². The Labute approximate surface area is 130 Å². The number of para-hydroxylation sites is 1. The van der Waals surface area contributed by atoms with Crippen molar-refractivity contribution in [2.45, 2.75) is 6.42 Å². The summed E-state index contributed by atoms with van der Waals surface area (Å²) in [6, 6.07) is 13.9. The molecule has 0 saturated carbocycles. The fourth-order valence-corrected chi connectivity index (χ4v) is 3.12. The molecule has 0 saturated heterocycles. The first kappa shape index (κ1) is 14.4. The van der Waals surface area contributed by atoms with E-state index in [1.807, 2.05) is 24.3 Å². The Bertz CT molecular complexity index is 837. The number of fused-ring (bicyclic) bond motifs is 1. The first-order valence-corrected chi connectivity index (χ1v) is 7.48. The van der Waals surface area contributed by atoms with E-state index in [-0.39, 0.29) is 12.2 Å². The van der Waals surface area contributed by atoms with E-state index in [1.54, 1.807) is 24.3 Å². The van der Waals surface area contributed by atoms with Gasteiger partial charge in [-0.15, -0.1) is 11.3 Å². The summed E-state index contributed by atoms with van der Waals surface area (Å²) in [7, 11) is 0. The number of hydrogen-bond donors (Lipinski definition) is 1. The van der Waals surface area contributed by atoms with Crippen LogP contribution in [0.5, 0.6) is 0 Å². The zero-order valence-corrected chi connectivity index (χ0v) is 12.3. The van der Waals surface area contributed by atoms with Crippen molar-refractivity contribution >= 4 is 39.2 Å². The normalized spacial score (nSPS) is 11.8. The number of thiazole rings is 1. The van der Waals surface area contributed by atoms with Gasteiger partial charge in [-0.2, -0.15) is 0 Å². The summed E-state index contributed by atoms with van der Waals surface area (Å²) < 4.78 is 14.8. The standard InChI is InChI=1S/C17H12FNO2S/c18-13-6-2-1-5-11(13)9-12(10-16(20)21)17-19-14-7-3-4-8-15(14)22-17/h1-9H,10H2,(H,20,21)/b12-9-.